The molecule has 0 aromatic heterocycles. The second-order valence-corrected chi connectivity index (χ2v) is 6.80. The Hall–Kier alpha value is -2.63. The van der Waals surface area contributed by atoms with Gasteiger partial charge in [-0.2, -0.15) is 0 Å². The number of aryl methyl sites for hydroxylation is 1. The Kier molecular flexibility index (Phi) is 5.40. The predicted octanol–water partition coefficient (Wildman–Crippen LogP) is 2.51. The number of carboxylic acids is 1. The molecular weight excluding hydrogens is 332 g/mol. The van der Waals surface area contributed by atoms with Crippen molar-refractivity contribution in [3.8, 4) is 11.5 Å². The van der Waals surface area contributed by atoms with Gasteiger partial charge in [0, 0.05) is 43.0 Å². The quantitative estimate of drug-likeness (QED) is 0.814. The van der Waals surface area contributed by atoms with Gasteiger partial charge in [-0.25, -0.2) is 4.79 Å². The lowest BCUT2D eigenvalue weighted by molar-refractivity contribution is -0.132. The van der Waals surface area contributed by atoms with E-state index in [1.165, 1.54) is 11.1 Å². The highest BCUT2D eigenvalue weighted by Gasteiger charge is 2.26. The number of rotatable bonds is 6. The molecule has 0 spiro atoms. The van der Waals surface area contributed by atoms with Crippen molar-refractivity contribution in [2.75, 3.05) is 34.4 Å². The fourth-order valence-corrected chi connectivity index (χ4v) is 3.79. The van der Waals surface area contributed by atoms with Crippen molar-refractivity contribution in [3.05, 3.63) is 46.8 Å². The van der Waals surface area contributed by atoms with Crippen molar-refractivity contribution >= 4 is 5.97 Å². The summed E-state index contributed by atoms with van der Waals surface area (Å²) >= 11 is 0. The molecule has 140 valence electrons. The molecule has 2 N–H and O–H groups in total. The van der Waals surface area contributed by atoms with Crippen LogP contribution in [-0.4, -0.2) is 50.3 Å². The van der Waals surface area contributed by atoms with Gasteiger partial charge < -0.3 is 24.8 Å². The van der Waals surface area contributed by atoms with Gasteiger partial charge in [-0.05, 0) is 37.0 Å². The van der Waals surface area contributed by atoms with Crippen molar-refractivity contribution < 1.29 is 19.4 Å². The fraction of sp³-hybridized carbons (Fsp3) is 0.450. The highest BCUT2D eigenvalue weighted by molar-refractivity contribution is 5.91. The molecule has 0 fully saturated rings. The Morgan fingerprint density at radius 3 is 2.85 bits per heavy atom. The van der Waals surface area contributed by atoms with Crippen LogP contribution in [0.3, 0.4) is 0 Å². The van der Waals surface area contributed by atoms with E-state index >= 15 is 0 Å². The summed E-state index contributed by atoms with van der Waals surface area (Å²) in [6.07, 6.45) is 6.59. The van der Waals surface area contributed by atoms with E-state index in [-0.39, 0.29) is 5.92 Å². The molecule has 26 heavy (non-hydrogen) atoms. The number of methoxy groups -OCH3 is 2. The zero-order chi connectivity index (χ0) is 18.7. The first-order valence-corrected chi connectivity index (χ1v) is 8.87. The Balaban J connectivity index is 1.84. The lowest BCUT2D eigenvalue weighted by Gasteiger charge is -2.30. The third-order valence-corrected chi connectivity index (χ3v) is 5.08. The van der Waals surface area contributed by atoms with Crippen LogP contribution >= 0.6 is 0 Å². The molecular formula is C20H26N2O4. The summed E-state index contributed by atoms with van der Waals surface area (Å²) in [5, 5.41) is 12.8. The van der Waals surface area contributed by atoms with Gasteiger partial charge in [0.05, 0.1) is 26.3 Å². The number of likely N-dealkylation sites (N-methyl/N-ethyl adjacent to an activating group) is 1. The number of benzene rings is 1. The van der Waals surface area contributed by atoms with E-state index in [4.69, 9.17) is 9.47 Å². The molecule has 1 unspecified atom stereocenters. The zero-order valence-corrected chi connectivity index (χ0v) is 15.5. The minimum atomic E-state index is -0.900. The van der Waals surface area contributed by atoms with Gasteiger partial charge in [0.2, 0.25) is 0 Å². The van der Waals surface area contributed by atoms with E-state index in [0.29, 0.717) is 18.7 Å². The number of fused-ring (bicyclic) bond motifs is 1. The predicted molar refractivity (Wildman–Crippen MR) is 99.7 cm³/mol. The molecule has 3 rings (SSSR count). The Bertz CT molecular complexity index is 737. The average molecular weight is 358 g/mol. The number of carboxylic acid groups (broad SMARTS) is 1. The summed E-state index contributed by atoms with van der Waals surface area (Å²) in [4.78, 5) is 13.5. The maximum Gasteiger partial charge on any atom is 0.337 e. The highest BCUT2D eigenvalue weighted by Crippen LogP contribution is 2.40. The van der Waals surface area contributed by atoms with Gasteiger partial charge in [-0.1, -0.05) is 0 Å². The highest BCUT2D eigenvalue weighted by atomic mass is 16.5. The smallest absolute Gasteiger partial charge is 0.337 e. The molecule has 6 heteroatoms. The minimum Gasteiger partial charge on any atom is -0.497 e. The summed E-state index contributed by atoms with van der Waals surface area (Å²) < 4.78 is 11.0. The molecule has 1 aromatic carbocycles. The van der Waals surface area contributed by atoms with Crippen LogP contribution in [0.4, 0.5) is 0 Å². The standard InChI is InChI=1S/C20H26N2O4/c1-22-8-7-16(20(23)24)17(12-22)21-11-14-6-4-5-13-9-15(25-2)10-18(26-3)19(13)14/h7-10,14,21H,4-6,11-12H2,1-3H3,(H,23,24). The van der Waals surface area contributed by atoms with Crippen LogP contribution in [-0.2, 0) is 11.2 Å². The fourth-order valence-electron chi connectivity index (χ4n) is 3.79. The summed E-state index contributed by atoms with van der Waals surface area (Å²) in [7, 11) is 5.28. The van der Waals surface area contributed by atoms with Crippen molar-refractivity contribution in [2.24, 2.45) is 0 Å². The van der Waals surface area contributed by atoms with Gasteiger partial charge in [0.1, 0.15) is 11.5 Å². The summed E-state index contributed by atoms with van der Waals surface area (Å²) in [5.41, 5.74) is 3.56. The normalized spacial score (nSPS) is 19.2. The van der Waals surface area contributed by atoms with E-state index in [1.807, 2.05) is 18.0 Å². The first kappa shape index (κ1) is 18.2. The monoisotopic (exact) mass is 358 g/mol. The van der Waals surface area contributed by atoms with Gasteiger partial charge in [-0.15, -0.1) is 0 Å². The molecule has 0 bridgehead atoms. The number of nitrogens with one attached hydrogen (secondary N) is 1. The topological polar surface area (TPSA) is 71.0 Å². The van der Waals surface area contributed by atoms with Crippen LogP contribution in [0, 0.1) is 0 Å². The number of hydrogen-bond acceptors (Lipinski definition) is 5. The summed E-state index contributed by atoms with van der Waals surface area (Å²) in [6, 6.07) is 4.01. The minimum absolute atomic E-state index is 0.276. The van der Waals surface area contributed by atoms with Crippen LogP contribution in [0.15, 0.2) is 35.7 Å². The molecule has 6 nitrogen and oxygen atoms in total. The van der Waals surface area contributed by atoms with E-state index in [2.05, 4.69) is 11.4 Å². The van der Waals surface area contributed by atoms with Crippen molar-refractivity contribution in [2.45, 2.75) is 25.2 Å². The van der Waals surface area contributed by atoms with Crippen LogP contribution in [0.1, 0.15) is 29.9 Å². The first-order chi connectivity index (χ1) is 12.5. The van der Waals surface area contributed by atoms with Gasteiger partial charge in [0.15, 0.2) is 0 Å². The van der Waals surface area contributed by atoms with E-state index in [1.54, 1.807) is 26.5 Å². The summed E-state index contributed by atoms with van der Waals surface area (Å²) in [5.74, 6) is 1.03. The molecule has 1 aliphatic carbocycles. The van der Waals surface area contributed by atoms with E-state index in [0.717, 1.165) is 36.5 Å². The Labute approximate surface area is 154 Å². The van der Waals surface area contributed by atoms with Crippen LogP contribution in [0.2, 0.25) is 0 Å². The third kappa shape index (κ3) is 3.64. The second kappa shape index (κ2) is 7.72. The SMILES string of the molecule is COc1cc2c(c(OC)c1)C(CNC1=C(C(=O)O)C=CN(C)C1)CCC2. The molecule has 1 atom stereocenters. The lowest BCUT2D eigenvalue weighted by Crippen LogP contribution is -2.33. The molecule has 0 radical (unpaired) electrons. The molecule has 0 saturated heterocycles. The molecule has 2 aliphatic rings. The zero-order valence-electron chi connectivity index (χ0n) is 15.5. The maximum absolute atomic E-state index is 11.5. The van der Waals surface area contributed by atoms with Gasteiger partial charge >= 0.3 is 5.97 Å². The average Bonchev–Trinajstić information content (AvgIpc) is 2.64. The lowest BCUT2D eigenvalue weighted by atomic mass is 9.82. The number of aliphatic carboxylic acids is 1. The molecule has 1 heterocycles. The largest absolute Gasteiger partial charge is 0.497 e. The molecule has 1 aliphatic heterocycles. The van der Waals surface area contributed by atoms with Gasteiger partial charge in [0.25, 0.3) is 0 Å². The maximum atomic E-state index is 11.5. The number of hydrogen-bond donors (Lipinski definition) is 2. The number of carbonyl (C=O) groups is 1. The van der Waals surface area contributed by atoms with Crippen molar-refractivity contribution in [1.29, 1.82) is 0 Å². The van der Waals surface area contributed by atoms with Crippen LogP contribution in [0.5, 0.6) is 11.5 Å². The number of nitrogens with zero attached hydrogens (tertiary/aromatic N) is 1. The molecule has 0 amide bonds. The van der Waals surface area contributed by atoms with Crippen LogP contribution in [0.25, 0.3) is 0 Å². The van der Waals surface area contributed by atoms with Crippen molar-refractivity contribution in [3.63, 3.8) is 0 Å². The Morgan fingerprint density at radius 2 is 2.15 bits per heavy atom. The Morgan fingerprint density at radius 1 is 1.35 bits per heavy atom. The number of ether oxygens (including phenoxy) is 2. The van der Waals surface area contributed by atoms with Crippen LogP contribution < -0.4 is 14.8 Å². The first-order valence-electron chi connectivity index (χ1n) is 8.87. The van der Waals surface area contributed by atoms with Gasteiger partial charge in [-0.3, -0.25) is 0 Å². The molecule has 0 saturated carbocycles. The van der Waals surface area contributed by atoms with E-state index in [9.17, 15) is 9.90 Å². The summed E-state index contributed by atoms with van der Waals surface area (Å²) in [6.45, 7) is 1.25. The van der Waals surface area contributed by atoms with Crippen molar-refractivity contribution in [1.82, 2.24) is 10.2 Å². The third-order valence-electron chi connectivity index (χ3n) is 5.08. The molecule has 1 aromatic rings. The second-order valence-electron chi connectivity index (χ2n) is 6.80. The van der Waals surface area contributed by atoms with E-state index < -0.39 is 5.97 Å².